The topological polar surface area (TPSA) is 43.1 Å². The fraction of sp³-hybridized carbons (Fsp3) is 0.200. The van der Waals surface area contributed by atoms with Crippen LogP contribution in [0, 0.1) is 0 Å². The molecule has 0 bridgehead atoms. The highest BCUT2D eigenvalue weighted by molar-refractivity contribution is 4.96. The van der Waals surface area contributed by atoms with E-state index >= 15 is 0 Å². The monoisotopic (exact) mass is 147 g/mol. The highest BCUT2D eigenvalue weighted by Crippen LogP contribution is 2.12. The fourth-order valence-electron chi connectivity index (χ4n) is 0.453. The highest BCUT2D eigenvalue weighted by Gasteiger charge is 2.08. The summed E-state index contributed by atoms with van der Waals surface area (Å²) in [6.45, 7) is 0. The van der Waals surface area contributed by atoms with E-state index < -0.39 is 17.9 Å². The predicted octanol–water partition coefficient (Wildman–Crippen LogP) is 0.972. The molecule has 0 atom stereocenters. The van der Waals surface area contributed by atoms with Gasteiger partial charge in [0.1, 0.15) is 5.69 Å². The molecule has 0 aromatic carbocycles. The Balaban J connectivity index is 3.07. The number of halogens is 2. The van der Waals surface area contributed by atoms with Crippen molar-refractivity contribution in [2.75, 3.05) is 0 Å². The number of hydrogen-bond acceptors (Lipinski definition) is 3. The first kappa shape index (κ1) is 6.85. The van der Waals surface area contributed by atoms with Crippen molar-refractivity contribution in [2.24, 2.45) is 0 Å². The number of rotatable bonds is 1. The average molecular weight is 147 g/mol. The van der Waals surface area contributed by atoms with Gasteiger partial charge in [-0.3, -0.25) is 0 Å². The summed E-state index contributed by atoms with van der Waals surface area (Å²) < 4.78 is 27.5. The van der Waals surface area contributed by atoms with Crippen LogP contribution in [0.2, 0.25) is 0 Å². The molecule has 10 heavy (non-hydrogen) atoms. The van der Waals surface area contributed by atoms with Gasteiger partial charge in [-0.05, 0) is 0 Å². The largest absolute Gasteiger partial charge is 0.438 e. The zero-order valence-corrected chi connectivity index (χ0v) is 4.75. The third kappa shape index (κ3) is 1.37. The zero-order valence-electron chi connectivity index (χ0n) is 4.75. The molecule has 0 amide bonds. The lowest BCUT2D eigenvalue weighted by molar-refractivity contribution is 0.144. The van der Waals surface area contributed by atoms with Gasteiger partial charge in [-0.15, -0.1) is 0 Å². The summed E-state index contributed by atoms with van der Waals surface area (Å²) in [5.74, 6) is -1.00. The van der Waals surface area contributed by atoms with Crippen molar-refractivity contribution < 1.29 is 13.2 Å². The number of nitrogens with zero attached hydrogens (tertiary/aromatic N) is 1. The van der Waals surface area contributed by atoms with Crippen LogP contribution in [0.1, 0.15) is 12.1 Å². The molecular formula is C5H3F2NO2. The van der Waals surface area contributed by atoms with E-state index in [1.165, 1.54) is 0 Å². The third-order valence-electron chi connectivity index (χ3n) is 0.852. The highest BCUT2D eigenvalue weighted by atomic mass is 19.3. The quantitative estimate of drug-likeness (QED) is 0.594. The van der Waals surface area contributed by atoms with Gasteiger partial charge >= 0.3 is 5.76 Å². The molecule has 3 nitrogen and oxygen atoms in total. The maximum absolute atomic E-state index is 11.7. The fourth-order valence-corrected chi connectivity index (χ4v) is 0.453. The molecule has 0 spiro atoms. The van der Waals surface area contributed by atoms with Gasteiger partial charge in [-0.1, -0.05) is 0 Å². The van der Waals surface area contributed by atoms with Gasteiger partial charge in [-0.2, -0.15) is 4.98 Å². The lowest BCUT2D eigenvalue weighted by Crippen LogP contribution is -2.05. The molecule has 0 aliphatic carbocycles. The molecule has 1 aromatic heterocycles. The van der Waals surface area contributed by atoms with Crippen molar-refractivity contribution in [3.05, 3.63) is 28.6 Å². The van der Waals surface area contributed by atoms with Crippen LogP contribution in [-0.4, -0.2) is 4.98 Å². The third-order valence-corrected chi connectivity index (χ3v) is 0.852. The maximum atomic E-state index is 11.7. The van der Waals surface area contributed by atoms with Crippen LogP contribution < -0.4 is 5.76 Å². The molecule has 0 fully saturated rings. The Morgan fingerprint density at radius 3 is 2.70 bits per heavy atom. The van der Waals surface area contributed by atoms with Crippen molar-refractivity contribution in [3.63, 3.8) is 0 Å². The van der Waals surface area contributed by atoms with Gasteiger partial charge in [0.05, 0.1) is 6.26 Å². The van der Waals surface area contributed by atoms with Gasteiger partial charge in [-0.25, -0.2) is 13.6 Å². The van der Waals surface area contributed by atoms with Crippen molar-refractivity contribution >= 4 is 0 Å². The Labute approximate surface area is 54.3 Å². The first-order chi connectivity index (χ1) is 4.70. The molecule has 5 heteroatoms. The van der Waals surface area contributed by atoms with Gasteiger partial charge in [0.15, 0.2) is 0 Å². The Morgan fingerprint density at radius 1 is 1.60 bits per heavy atom. The Hall–Kier alpha value is -1.26. The summed E-state index contributed by atoms with van der Waals surface area (Å²) in [7, 11) is 0. The molecule has 0 saturated carbocycles. The Kier molecular flexibility index (Phi) is 1.75. The second-order valence-electron chi connectivity index (χ2n) is 1.52. The molecule has 0 radical (unpaired) electrons. The van der Waals surface area contributed by atoms with E-state index in [0.717, 1.165) is 12.3 Å². The van der Waals surface area contributed by atoms with Gasteiger partial charge in [0.2, 0.25) is 0 Å². The van der Waals surface area contributed by atoms with Gasteiger partial charge < -0.3 is 4.42 Å². The Bertz CT molecular complexity index is 270. The van der Waals surface area contributed by atoms with Crippen LogP contribution in [0.3, 0.4) is 0 Å². The minimum absolute atomic E-state index is 0.559. The summed E-state index contributed by atoms with van der Waals surface area (Å²) in [6.07, 6.45) is -1.83. The molecule has 54 valence electrons. The number of alkyl halides is 2. The van der Waals surface area contributed by atoms with E-state index in [0.29, 0.717) is 0 Å². The summed E-state index contributed by atoms with van der Waals surface area (Å²) >= 11 is 0. The first-order valence-electron chi connectivity index (χ1n) is 2.44. The van der Waals surface area contributed by atoms with Crippen LogP contribution in [-0.2, 0) is 0 Å². The van der Waals surface area contributed by atoms with Crippen molar-refractivity contribution in [2.45, 2.75) is 6.43 Å². The Morgan fingerprint density at radius 2 is 2.30 bits per heavy atom. The van der Waals surface area contributed by atoms with Crippen LogP contribution in [0.4, 0.5) is 8.78 Å². The second-order valence-corrected chi connectivity index (χ2v) is 1.52. The molecule has 0 unspecified atom stereocenters. The van der Waals surface area contributed by atoms with Crippen LogP contribution in [0.25, 0.3) is 0 Å². The number of hydrogen-bond donors (Lipinski definition) is 0. The minimum atomic E-state index is -2.72. The SMILES string of the molecule is O=c1nc(C(F)F)cco1. The lowest BCUT2D eigenvalue weighted by Gasteiger charge is -1.92. The molecule has 1 rings (SSSR count). The number of aromatic nitrogens is 1. The van der Waals surface area contributed by atoms with E-state index in [2.05, 4.69) is 9.40 Å². The lowest BCUT2D eigenvalue weighted by atomic mass is 10.4. The van der Waals surface area contributed by atoms with Crippen LogP contribution >= 0.6 is 0 Å². The molecule has 0 N–H and O–H groups in total. The summed E-state index contributed by atoms with van der Waals surface area (Å²) in [5.41, 5.74) is -0.559. The summed E-state index contributed by atoms with van der Waals surface area (Å²) in [4.78, 5) is 13.1. The molecular weight excluding hydrogens is 144 g/mol. The van der Waals surface area contributed by atoms with E-state index in [-0.39, 0.29) is 0 Å². The summed E-state index contributed by atoms with van der Waals surface area (Å²) in [6, 6.07) is 0.950. The van der Waals surface area contributed by atoms with Crippen LogP contribution in [0.15, 0.2) is 21.5 Å². The first-order valence-corrected chi connectivity index (χ1v) is 2.44. The minimum Gasteiger partial charge on any atom is -0.417 e. The van der Waals surface area contributed by atoms with E-state index in [1.54, 1.807) is 0 Å². The van der Waals surface area contributed by atoms with E-state index in [9.17, 15) is 13.6 Å². The van der Waals surface area contributed by atoms with Gasteiger partial charge in [0.25, 0.3) is 6.43 Å². The van der Waals surface area contributed by atoms with Crippen LogP contribution in [0.5, 0.6) is 0 Å². The maximum Gasteiger partial charge on any atom is 0.438 e. The molecule has 1 aromatic rings. The average Bonchev–Trinajstić information content (AvgIpc) is 1.88. The van der Waals surface area contributed by atoms with E-state index in [4.69, 9.17) is 0 Å². The molecule has 0 aliphatic rings. The van der Waals surface area contributed by atoms with Crippen molar-refractivity contribution in [1.82, 2.24) is 4.98 Å². The van der Waals surface area contributed by atoms with E-state index in [1.807, 2.05) is 0 Å². The molecule has 0 saturated heterocycles. The predicted molar refractivity (Wildman–Crippen MR) is 27.7 cm³/mol. The zero-order chi connectivity index (χ0) is 7.56. The summed E-state index contributed by atoms with van der Waals surface area (Å²) in [5, 5.41) is 0. The molecule has 1 heterocycles. The second kappa shape index (κ2) is 2.55. The smallest absolute Gasteiger partial charge is 0.417 e. The molecule has 0 aliphatic heterocycles. The normalized spacial score (nSPS) is 10.3. The van der Waals surface area contributed by atoms with Crippen molar-refractivity contribution in [3.8, 4) is 0 Å². The van der Waals surface area contributed by atoms with Crippen molar-refractivity contribution in [1.29, 1.82) is 0 Å². The standard InChI is InChI=1S/C5H3F2NO2/c6-4(7)3-1-2-10-5(9)8-3/h1-2,4H. The van der Waals surface area contributed by atoms with Gasteiger partial charge in [0, 0.05) is 6.07 Å².